The highest BCUT2D eigenvalue weighted by molar-refractivity contribution is 5.93. The zero-order chi connectivity index (χ0) is 14.4. The number of nitrogens with zero attached hydrogens (tertiary/aromatic N) is 1. The molecule has 0 fully saturated rings. The second-order valence-corrected chi connectivity index (χ2v) is 4.12. The molecule has 1 aromatic rings. The van der Waals surface area contributed by atoms with E-state index in [1.807, 2.05) is 6.92 Å². The van der Waals surface area contributed by atoms with E-state index in [9.17, 15) is 20.0 Å². The standard InChI is InChI=1S/C12H16N2O5/c1-2-3-9(15)7-13-8-4-5-11(14(18)19)10(6-8)12(16)17/h4-6,9,13,15H,2-3,7H2,1H3,(H,16,17). The van der Waals surface area contributed by atoms with E-state index in [1.54, 1.807) is 0 Å². The van der Waals surface area contributed by atoms with Crippen LogP contribution in [0.4, 0.5) is 11.4 Å². The van der Waals surface area contributed by atoms with Gasteiger partial charge >= 0.3 is 5.97 Å². The summed E-state index contributed by atoms with van der Waals surface area (Å²) < 4.78 is 0. The molecule has 0 heterocycles. The van der Waals surface area contributed by atoms with Gasteiger partial charge in [-0.15, -0.1) is 0 Å². The lowest BCUT2D eigenvalue weighted by atomic mass is 10.1. The minimum absolute atomic E-state index is 0.269. The summed E-state index contributed by atoms with van der Waals surface area (Å²) in [6.07, 6.45) is 0.934. The van der Waals surface area contributed by atoms with Crippen molar-refractivity contribution in [2.45, 2.75) is 25.9 Å². The first-order chi connectivity index (χ1) is 8.95. The number of hydrogen-bond acceptors (Lipinski definition) is 5. The Hall–Kier alpha value is -2.15. The third-order valence-electron chi connectivity index (χ3n) is 2.59. The van der Waals surface area contributed by atoms with Crippen LogP contribution in [0.3, 0.4) is 0 Å². The van der Waals surface area contributed by atoms with Crippen molar-refractivity contribution in [3.05, 3.63) is 33.9 Å². The molecular weight excluding hydrogens is 252 g/mol. The van der Waals surface area contributed by atoms with E-state index in [2.05, 4.69) is 5.32 Å². The van der Waals surface area contributed by atoms with Crippen molar-refractivity contribution in [1.29, 1.82) is 0 Å². The molecule has 104 valence electrons. The maximum atomic E-state index is 10.9. The van der Waals surface area contributed by atoms with Crippen molar-refractivity contribution in [2.75, 3.05) is 11.9 Å². The van der Waals surface area contributed by atoms with Gasteiger partial charge in [-0.3, -0.25) is 10.1 Å². The highest BCUT2D eigenvalue weighted by atomic mass is 16.6. The summed E-state index contributed by atoms with van der Waals surface area (Å²) in [5, 5.41) is 32.0. The van der Waals surface area contributed by atoms with E-state index in [0.29, 0.717) is 12.1 Å². The van der Waals surface area contributed by atoms with Crippen LogP contribution in [-0.4, -0.2) is 33.8 Å². The van der Waals surface area contributed by atoms with Crippen LogP contribution >= 0.6 is 0 Å². The lowest BCUT2D eigenvalue weighted by Gasteiger charge is -2.12. The molecule has 0 aliphatic rings. The van der Waals surface area contributed by atoms with Gasteiger partial charge in [0.15, 0.2) is 0 Å². The van der Waals surface area contributed by atoms with Crippen LogP contribution in [0.5, 0.6) is 0 Å². The van der Waals surface area contributed by atoms with E-state index in [4.69, 9.17) is 5.11 Å². The van der Waals surface area contributed by atoms with Crippen molar-refractivity contribution >= 4 is 17.3 Å². The van der Waals surface area contributed by atoms with Crippen LogP contribution in [0.15, 0.2) is 18.2 Å². The smallest absolute Gasteiger partial charge is 0.342 e. The number of nitro groups is 1. The lowest BCUT2D eigenvalue weighted by molar-refractivity contribution is -0.385. The van der Waals surface area contributed by atoms with Crippen molar-refractivity contribution in [1.82, 2.24) is 0 Å². The van der Waals surface area contributed by atoms with Crippen LogP contribution in [-0.2, 0) is 0 Å². The van der Waals surface area contributed by atoms with Gasteiger partial charge in [0.1, 0.15) is 5.56 Å². The highest BCUT2D eigenvalue weighted by Gasteiger charge is 2.19. The fourth-order valence-corrected chi connectivity index (χ4v) is 1.65. The first kappa shape index (κ1) is 14.9. The van der Waals surface area contributed by atoms with Gasteiger partial charge in [-0.05, 0) is 18.6 Å². The Morgan fingerprint density at radius 3 is 2.74 bits per heavy atom. The van der Waals surface area contributed by atoms with Gasteiger partial charge in [0, 0.05) is 18.3 Å². The Morgan fingerprint density at radius 1 is 1.53 bits per heavy atom. The van der Waals surface area contributed by atoms with E-state index in [1.165, 1.54) is 12.1 Å². The van der Waals surface area contributed by atoms with Crippen LogP contribution in [0.1, 0.15) is 30.1 Å². The average molecular weight is 268 g/mol. The molecule has 7 heteroatoms. The quantitative estimate of drug-likeness (QED) is 0.514. The molecule has 1 aromatic carbocycles. The SMILES string of the molecule is CCCC(O)CNc1ccc([N+](=O)[O-])c(C(=O)O)c1. The number of nitro benzene ring substituents is 1. The third-order valence-corrected chi connectivity index (χ3v) is 2.59. The monoisotopic (exact) mass is 268 g/mol. The van der Waals surface area contributed by atoms with Gasteiger partial charge in [0.2, 0.25) is 0 Å². The molecule has 0 saturated carbocycles. The predicted molar refractivity (Wildman–Crippen MR) is 69.5 cm³/mol. The van der Waals surface area contributed by atoms with Gasteiger partial charge in [-0.25, -0.2) is 4.79 Å². The molecule has 0 radical (unpaired) electrons. The second kappa shape index (κ2) is 6.69. The van der Waals surface area contributed by atoms with Crippen molar-refractivity contribution in [2.24, 2.45) is 0 Å². The molecule has 0 aliphatic carbocycles. The normalized spacial score (nSPS) is 11.9. The summed E-state index contributed by atoms with van der Waals surface area (Å²) in [6, 6.07) is 3.75. The zero-order valence-electron chi connectivity index (χ0n) is 10.5. The fraction of sp³-hybridized carbons (Fsp3) is 0.417. The highest BCUT2D eigenvalue weighted by Crippen LogP contribution is 2.22. The number of carbonyl (C=O) groups is 1. The van der Waals surface area contributed by atoms with Crippen LogP contribution in [0, 0.1) is 10.1 Å². The summed E-state index contributed by atoms with van der Waals surface area (Å²) in [6.45, 7) is 2.21. The molecular formula is C12H16N2O5. The minimum atomic E-state index is -1.36. The van der Waals surface area contributed by atoms with Crippen molar-refractivity contribution < 1.29 is 19.9 Å². The van der Waals surface area contributed by atoms with Crippen LogP contribution in [0.2, 0.25) is 0 Å². The predicted octanol–water partition coefficient (Wildman–Crippen LogP) is 1.87. The fourth-order valence-electron chi connectivity index (χ4n) is 1.65. The number of nitrogens with one attached hydrogen (secondary N) is 1. The summed E-state index contributed by atoms with van der Waals surface area (Å²) in [4.78, 5) is 20.9. The summed E-state index contributed by atoms with van der Waals surface area (Å²) in [7, 11) is 0. The third kappa shape index (κ3) is 4.22. The molecule has 0 saturated heterocycles. The average Bonchev–Trinajstić information content (AvgIpc) is 2.36. The molecule has 3 N–H and O–H groups in total. The van der Waals surface area contributed by atoms with Gasteiger partial charge in [0.05, 0.1) is 11.0 Å². The number of carboxylic acids is 1. The van der Waals surface area contributed by atoms with E-state index in [0.717, 1.165) is 12.5 Å². The van der Waals surface area contributed by atoms with Crippen LogP contribution < -0.4 is 5.32 Å². The number of rotatable bonds is 7. The Kier molecular flexibility index (Phi) is 5.25. The first-order valence-electron chi connectivity index (χ1n) is 5.89. The zero-order valence-corrected chi connectivity index (χ0v) is 10.5. The van der Waals surface area contributed by atoms with Gasteiger partial charge < -0.3 is 15.5 Å². The number of aliphatic hydroxyl groups is 1. The first-order valence-corrected chi connectivity index (χ1v) is 5.89. The van der Waals surface area contributed by atoms with Crippen LogP contribution in [0.25, 0.3) is 0 Å². The number of benzene rings is 1. The Labute approximate surface area is 110 Å². The number of aromatic carboxylic acids is 1. The topological polar surface area (TPSA) is 113 Å². The molecule has 0 aromatic heterocycles. The van der Waals surface area contributed by atoms with E-state index < -0.39 is 22.7 Å². The number of anilines is 1. The molecule has 0 amide bonds. The summed E-state index contributed by atoms with van der Waals surface area (Å²) >= 11 is 0. The maximum absolute atomic E-state index is 10.9. The maximum Gasteiger partial charge on any atom is 0.342 e. The largest absolute Gasteiger partial charge is 0.477 e. The van der Waals surface area contributed by atoms with Gasteiger partial charge in [-0.2, -0.15) is 0 Å². The Morgan fingerprint density at radius 2 is 2.21 bits per heavy atom. The Balaban J connectivity index is 2.84. The number of aliphatic hydroxyl groups excluding tert-OH is 1. The molecule has 19 heavy (non-hydrogen) atoms. The lowest BCUT2D eigenvalue weighted by Crippen LogP contribution is -2.19. The Bertz CT molecular complexity index is 475. The number of carboxylic acid groups (broad SMARTS) is 1. The summed E-state index contributed by atoms with van der Waals surface area (Å²) in [5.41, 5.74) is -0.398. The molecule has 1 unspecified atom stereocenters. The molecule has 1 rings (SSSR count). The molecule has 0 spiro atoms. The molecule has 7 nitrogen and oxygen atoms in total. The second-order valence-electron chi connectivity index (χ2n) is 4.12. The van der Waals surface area contributed by atoms with Gasteiger partial charge in [0.25, 0.3) is 5.69 Å². The minimum Gasteiger partial charge on any atom is -0.477 e. The number of hydrogen-bond donors (Lipinski definition) is 3. The molecule has 0 bridgehead atoms. The van der Waals surface area contributed by atoms with Crippen molar-refractivity contribution in [3.63, 3.8) is 0 Å². The molecule has 1 atom stereocenters. The van der Waals surface area contributed by atoms with Gasteiger partial charge in [-0.1, -0.05) is 13.3 Å². The van der Waals surface area contributed by atoms with E-state index >= 15 is 0 Å². The van der Waals surface area contributed by atoms with E-state index in [-0.39, 0.29) is 12.1 Å². The molecule has 0 aliphatic heterocycles. The van der Waals surface area contributed by atoms with Crippen molar-refractivity contribution in [3.8, 4) is 0 Å². The summed E-state index contributed by atoms with van der Waals surface area (Å²) in [5.74, 6) is -1.36.